The van der Waals surface area contributed by atoms with Crippen molar-refractivity contribution in [1.29, 1.82) is 0 Å². The first kappa shape index (κ1) is 19.8. The molecule has 2 heterocycles. The van der Waals surface area contributed by atoms with Crippen LogP contribution in [0.4, 0.5) is 0 Å². The van der Waals surface area contributed by atoms with Crippen molar-refractivity contribution in [2.24, 2.45) is 5.92 Å². The topological polar surface area (TPSA) is 81.3 Å². The summed E-state index contributed by atoms with van der Waals surface area (Å²) in [4.78, 5) is 41.4. The number of carbonyl (C=O) groups is 3. The minimum atomic E-state index is -1.14. The lowest BCUT2D eigenvalue weighted by atomic mass is 9.88. The Morgan fingerprint density at radius 3 is 2.57 bits per heavy atom. The molecule has 1 amide bonds. The van der Waals surface area contributed by atoms with Crippen molar-refractivity contribution >= 4 is 17.5 Å². The maximum Gasteiger partial charge on any atom is 0.291 e. The van der Waals surface area contributed by atoms with E-state index < -0.39 is 29.4 Å². The highest BCUT2D eigenvalue weighted by molar-refractivity contribution is 6.44. The van der Waals surface area contributed by atoms with Crippen molar-refractivity contribution in [2.75, 3.05) is 34.3 Å². The maximum absolute atomic E-state index is 13.2. The fourth-order valence-corrected chi connectivity index (χ4v) is 3.46. The summed E-state index contributed by atoms with van der Waals surface area (Å²) in [6.07, 6.45) is 0. The van der Waals surface area contributed by atoms with E-state index in [1.807, 2.05) is 14.1 Å². The maximum atomic E-state index is 13.2. The number of nitrogens with zero attached hydrogens (tertiary/aromatic N) is 1. The number of nitrogens with one attached hydrogen (secondary N) is 1. The number of hydrogen-bond donors (Lipinski definition) is 1. The lowest BCUT2D eigenvalue weighted by Crippen LogP contribution is -3.06. The Kier molecular flexibility index (Phi) is 5.65. The quantitative estimate of drug-likeness (QED) is 0.431. The fourth-order valence-electron chi connectivity index (χ4n) is 3.46. The van der Waals surface area contributed by atoms with E-state index in [1.165, 1.54) is 12.0 Å². The van der Waals surface area contributed by atoms with Gasteiger partial charge in [0.05, 0.1) is 34.3 Å². The number of rotatable bonds is 7. The third-order valence-electron chi connectivity index (χ3n) is 4.95. The average Bonchev–Trinajstić information content (AvgIpc) is 3.21. The van der Waals surface area contributed by atoms with Gasteiger partial charge in [0.25, 0.3) is 5.91 Å². The van der Waals surface area contributed by atoms with Crippen molar-refractivity contribution in [2.45, 2.75) is 13.0 Å². The van der Waals surface area contributed by atoms with Gasteiger partial charge in [-0.25, -0.2) is 0 Å². The Labute approximate surface area is 163 Å². The van der Waals surface area contributed by atoms with Crippen LogP contribution in [0.2, 0.25) is 0 Å². The standard InChI is InChI=1S/C21H24N2O5/c1-13-8-9-16(28-13)18-17(19(24)14-6-5-7-15(12-14)27-4)20(25)21(26)23(18)11-10-22(2)3/h5-9,12,17-18H,10-11H2,1-4H3/p+1. The molecule has 1 saturated heterocycles. The number of ether oxygens (including phenoxy) is 1. The van der Waals surface area contributed by atoms with Gasteiger partial charge in [-0.2, -0.15) is 0 Å². The molecule has 0 saturated carbocycles. The normalized spacial score (nSPS) is 19.5. The Balaban J connectivity index is 2.02. The van der Waals surface area contributed by atoms with Crippen LogP contribution in [0.1, 0.15) is 27.9 Å². The van der Waals surface area contributed by atoms with E-state index in [0.29, 0.717) is 35.9 Å². The molecule has 1 fully saturated rings. The van der Waals surface area contributed by atoms with Crippen LogP contribution in [0.25, 0.3) is 0 Å². The van der Waals surface area contributed by atoms with Crippen molar-refractivity contribution in [3.63, 3.8) is 0 Å². The molecule has 2 atom stereocenters. The van der Waals surface area contributed by atoms with E-state index in [9.17, 15) is 14.4 Å². The molecule has 0 bridgehead atoms. The molecule has 1 aromatic carbocycles. The highest BCUT2D eigenvalue weighted by atomic mass is 16.5. The second-order valence-corrected chi connectivity index (χ2v) is 7.29. The zero-order valence-electron chi connectivity index (χ0n) is 16.5. The van der Waals surface area contributed by atoms with Crippen LogP contribution in [0.5, 0.6) is 5.75 Å². The van der Waals surface area contributed by atoms with Crippen molar-refractivity contribution in [3.8, 4) is 5.75 Å². The average molecular weight is 385 g/mol. The molecule has 0 spiro atoms. The number of methoxy groups -OCH3 is 1. The fraction of sp³-hybridized carbons (Fsp3) is 0.381. The van der Waals surface area contributed by atoms with Gasteiger partial charge < -0.3 is 19.0 Å². The molecule has 2 unspecified atom stereocenters. The number of hydrogen-bond acceptors (Lipinski definition) is 5. The van der Waals surface area contributed by atoms with Gasteiger partial charge in [-0.05, 0) is 31.2 Å². The van der Waals surface area contributed by atoms with Gasteiger partial charge in [-0.15, -0.1) is 0 Å². The molecule has 0 radical (unpaired) electrons. The molecule has 0 aliphatic carbocycles. The first-order valence-corrected chi connectivity index (χ1v) is 9.22. The van der Waals surface area contributed by atoms with Gasteiger partial charge in [-0.3, -0.25) is 14.4 Å². The smallest absolute Gasteiger partial charge is 0.291 e. The third-order valence-corrected chi connectivity index (χ3v) is 4.95. The molecular weight excluding hydrogens is 360 g/mol. The van der Waals surface area contributed by atoms with Crippen LogP contribution in [0.15, 0.2) is 40.8 Å². The SMILES string of the molecule is COc1cccc(C(=O)C2C(=O)C(=O)N(CC[NH+](C)C)C2c2ccc(C)o2)c1. The summed E-state index contributed by atoms with van der Waals surface area (Å²) in [5.41, 5.74) is 0.332. The van der Waals surface area contributed by atoms with Crippen molar-refractivity contribution < 1.29 is 28.4 Å². The van der Waals surface area contributed by atoms with Crippen LogP contribution in [0.3, 0.4) is 0 Å². The number of ketones is 2. The van der Waals surface area contributed by atoms with E-state index >= 15 is 0 Å². The molecule has 1 aliphatic heterocycles. The Hall–Kier alpha value is -2.93. The van der Waals surface area contributed by atoms with Gasteiger partial charge in [0.1, 0.15) is 29.2 Å². The van der Waals surface area contributed by atoms with E-state index in [-0.39, 0.29) is 0 Å². The number of amides is 1. The number of furan rings is 1. The van der Waals surface area contributed by atoms with E-state index in [4.69, 9.17) is 9.15 Å². The first-order valence-electron chi connectivity index (χ1n) is 9.22. The molecule has 3 rings (SSSR count). The number of carbonyl (C=O) groups excluding carboxylic acids is 3. The van der Waals surface area contributed by atoms with Crippen LogP contribution >= 0.6 is 0 Å². The van der Waals surface area contributed by atoms with Crippen LogP contribution < -0.4 is 9.64 Å². The molecule has 2 aromatic rings. The number of quaternary nitrogens is 1. The Bertz CT molecular complexity index is 902. The van der Waals surface area contributed by atoms with Crippen LogP contribution in [-0.2, 0) is 9.59 Å². The van der Waals surface area contributed by atoms with E-state index in [0.717, 1.165) is 4.90 Å². The number of likely N-dealkylation sites (N-methyl/N-ethyl adjacent to an activating group) is 1. The second-order valence-electron chi connectivity index (χ2n) is 7.29. The van der Waals surface area contributed by atoms with Gasteiger partial charge in [0, 0.05) is 5.56 Å². The highest BCUT2D eigenvalue weighted by Crippen LogP contribution is 2.38. The van der Waals surface area contributed by atoms with Gasteiger partial charge in [-0.1, -0.05) is 12.1 Å². The minimum Gasteiger partial charge on any atom is -0.497 e. The predicted octanol–water partition coefficient (Wildman–Crippen LogP) is 0.693. The van der Waals surface area contributed by atoms with Crippen LogP contribution in [-0.4, -0.2) is 56.7 Å². The molecule has 148 valence electrons. The molecule has 7 heteroatoms. The van der Waals surface area contributed by atoms with Crippen molar-refractivity contribution in [3.05, 3.63) is 53.5 Å². The minimum absolute atomic E-state index is 0.332. The molecule has 7 nitrogen and oxygen atoms in total. The molecular formula is C21H25N2O5+. The number of Topliss-reactive ketones (excluding diaryl/α,β-unsaturated/α-hetero) is 2. The molecule has 1 N–H and O–H groups in total. The molecule has 1 aliphatic rings. The summed E-state index contributed by atoms with van der Waals surface area (Å²) < 4.78 is 10.9. The predicted molar refractivity (Wildman–Crippen MR) is 101 cm³/mol. The second kappa shape index (κ2) is 7.98. The van der Waals surface area contributed by atoms with Crippen LogP contribution in [0, 0.1) is 12.8 Å². The first-order chi connectivity index (χ1) is 13.3. The summed E-state index contributed by atoms with van der Waals surface area (Å²) in [6.45, 7) is 2.80. The number of likely N-dealkylation sites (tertiary alicyclic amines) is 1. The Morgan fingerprint density at radius 1 is 1.21 bits per heavy atom. The van der Waals surface area contributed by atoms with Gasteiger partial charge in [0.15, 0.2) is 5.78 Å². The number of benzene rings is 1. The molecule has 28 heavy (non-hydrogen) atoms. The zero-order valence-corrected chi connectivity index (χ0v) is 16.5. The monoisotopic (exact) mass is 385 g/mol. The highest BCUT2D eigenvalue weighted by Gasteiger charge is 2.53. The van der Waals surface area contributed by atoms with Crippen molar-refractivity contribution in [1.82, 2.24) is 4.90 Å². The van der Waals surface area contributed by atoms with Gasteiger partial charge >= 0.3 is 0 Å². The summed E-state index contributed by atoms with van der Waals surface area (Å²) in [5, 5.41) is 0. The molecule has 1 aromatic heterocycles. The summed E-state index contributed by atoms with van der Waals surface area (Å²) in [6, 6.07) is 9.37. The van der Waals surface area contributed by atoms with E-state index in [1.54, 1.807) is 43.3 Å². The lowest BCUT2D eigenvalue weighted by molar-refractivity contribution is -0.857. The third kappa shape index (κ3) is 3.71. The Morgan fingerprint density at radius 2 is 1.96 bits per heavy atom. The summed E-state index contributed by atoms with van der Waals surface area (Å²) in [5.74, 6) is -1.25. The lowest BCUT2D eigenvalue weighted by Gasteiger charge is -2.25. The zero-order chi connectivity index (χ0) is 20.4. The number of aryl methyl sites for hydroxylation is 1. The largest absolute Gasteiger partial charge is 0.497 e. The summed E-state index contributed by atoms with van der Waals surface area (Å²) >= 11 is 0. The van der Waals surface area contributed by atoms with Gasteiger partial charge in [0.2, 0.25) is 5.78 Å². The summed E-state index contributed by atoms with van der Waals surface area (Å²) in [7, 11) is 5.44. The van der Waals surface area contributed by atoms with E-state index in [2.05, 4.69) is 0 Å².